The lowest BCUT2D eigenvalue weighted by Crippen LogP contribution is -2.50. The van der Waals surface area contributed by atoms with Gasteiger partial charge in [-0.1, -0.05) is 40.0 Å². The third kappa shape index (κ3) is 4.10. The molecule has 1 unspecified atom stereocenters. The molecule has 1 atom stereocenters. The van der Waals surface area contributed by atoms with Crippen molar-refractivity contribution >= 4 is 0 Å². The predicted octanol–water partition coefficient (Wildman–Crippen LogP) is 2.45. The van der Waals surface area contributed by atoms with Crippen LogP contribution in [0.25, 0.3) is 0 Å². The second-order valence-electron chi connectivity index (χ2n) is 4.04. The van der Waals surface area contributed by atoms with Crippen LogP contribution in [-0.4, -0.2) is 16.7 Å². The number of nitrogens with two attached hydrogens (primary N) is 1. The van der Waals surface area contributed by atoms with Crippen LogP contribution in [0.15, 0.2) is 0 Å². The number of hydrogen-bond acceptors (Lipinski definition) is 2. The van der Waals surface area contributed by atoms with Gasteiger partial charge < -0.3 is 10.8 Å². The highest BCUT2D eigenvalue weighted by Gasteiger charge is 2.30. The Hall–Kier alpha value is -0.0800. The zero-order valence-electron chi connectivity index (χ0n) is 9.34. The molecule has 0 aliphatic rings. The van der Waals surface area contributed by atoms with Crippen LogP contribution in [-0.2, 0) is 0 Å². The SMILES string of the molecule is CCCC(O)C(N)(CCC)CCC. The summed E-state index contributed by atoms with van der Waals surface area (Å²) in [6.07, 6.45) is 5.49. The molecule has 80 valence electrons. The smallest absolute Gasteiger partial charge is 0.0719 e. The van der Waals surface area contributed by atoms with Crippen molar-refractivity contribution in [3.63, 3.8) is 0 Å². The summed E-state index contributed by atoms with van der Waals surface area (Å²) in [6, 6.07) is 0. The van der Waals surface area contributed by atoms with Crippen LogP contribution >= 0.6 is 0 Å². The van der Waals surface area contributed by atoms with Gasteiger partial charge in [0.25, 0.3) is 0 Å². The molecule has 0 heterocycles. The highest BCUT2D eigenvalue weighted by molar-refractivity contribution is 4.90. The van der Waals surface area contributed by atoms with Crippen molar-refractivity contribution in [2.75, 3.05) is 0 Å². The van der Waals surface area contributed by atoms with Crippen LogP contribution in [0.4, 0.5) is 0 Å². The molecule has 0 saturated heterocycles. The maximum Gasteiger partial charge on any atom is 0.0719 e. The fraction of sp³-hybridized carbons (Fsp3) is 1.00. The minimum absolute atomic E-state index is 0.322. The zero-order valence-corrected chi connectivity index (χ0v) is 9.34. The maximum absolute atomic E-state index is 9.91. The van der Waals surface area contributed by atoms with E-state index in [9.17, 15) is 5.11 Å². The molecule has 0 rings (SSSR count). The second-order valence-corrected chi connectivity index (χ2v) is 4.04. The first-order chi connectivity index (χ1) is 6.10. The predicted molar refractivity (Wildman–Crippen MR) is 57.6 cm³/mol. The number of aliphatic hydroxyl groups is 1. The molecule has 0 amide bonds. The van der Waals surface area contributed by atoms with E-state index >= 15 is 0 Å². The number of aliphatic hydroxyl groups excluding tert-OH is 1. The van der Waals surface area contributed by atoms with Gasteiger partial charge in [0.1, 0.15) is 0 Å². The standard InChI is InChI=1S/C11H25NO/c1-4-7-10(13)11(12,8-5-2)9-6-3/h10,13H,4-9,12H2,1-3H3. The Kier molecular flexibility index (Phi) is 6.35. The Morgan fingerprint density at radius 3 is 1.85 bits per heavy atom. The van der Waals surface area contributed by atoms with E-state index in [0.29, 0.717) is 0 Å². The summed E-state index contributed by atoms with van der Waals surface area (Å²) in [5.74, 6) is 0. The summed E-state index contributed by atoms with van der Waals surface area (Å²) in [7, 11) is 0. The summed E-state index contributed by atoms with van der Waals surface area (Å²) in [5.41, 5.74) is 5.86. The topological polar surface area (TPSA) is 46.2 Å². The summed E-state index contributed by atoms with van der Waals surface area (Å²) in [6.45, 7) is 6.33. The van der Waals surface area contributed by atoms with E-state index in [2.05, 4.69) is 20.8 Å². The van der Waals surface area contributed by atoms with Crippen molar-refractivity contribution in [2.45, 2.75) is 70.9 Å². The third-order valence-electron chi connectivity index (χ3n) is 2.66. The highest BCUT2D eigenvalue weighted by atomic mass is 16.3. The first-order valence-electron chi connectivity index (χ1n) is 5.57. The van der Waals surface area contributed by atoms with Gasteiger partial charge >= 0.3 is 0 Å². The third-order valence-corrected chi connectivity index (χ3v) is 2.66. The Bertz CT molecular complexity index is 119. The van der Waals surface area contributed by atoms with Gasteiger partial charge in [-0.05, 0) is 19.3 Å². The van der Waals surface area contributed by atoms with Crippen LogP contribution in [0.3, 0.4) is 0 Å². The van der Waals surface area contributed by atoms with E-state index in [1.54, 1.807) is 0 Å². The minimum Gasteiger partial charge on any atom is -0.391 e. The van der Waals surface area contributed by atoms with E-state index in [4.69, 9.17) is 5.73 Å². The molecule has 0 aromatic carbocycles. The molecule has 3 N–H and O–H groups in total. The van der Waals surface area contributed by atoms with Gasteiger partial charge in [-0.2, -0.15) is 0 Å². The van der Waals surface area contributed by atoms with E-state index in [1.807, 2.05) is 0 Å². The summed E-state index contributed by atoms with van der Waals surface area (Å²) < 4.78 is 0. The largest absolute Gasteiger partial charge is 0.391 e. The lowest BCUT2D eigenvalue weighted by Gasteiger charge is -2.34. The van der Waals surface area contributed by atoms with Crippen LogP contribution in [0, 0.1) is 0 Å². The quantitative estimate of drug-likeness (QED) is 0.643. The van der Waals surface area contributed by atoms with Crippen molar-refractivity contribution in [1.29, 1.82) is 0 Å². The van der Waals surface area contributed by atoms with E-state index < -0.39 is 0 Å². The first-order valence-corrected chi connectivity index (χ1v) is 5.57. The van der Waals surface area contributed by atoms with Gasteiger partial charge in [0.05, 0.1) is 6.10 Å². The molecule has 0 spiro atoms. The van der Waals surface area contributed by atoms with Crippen molar-refractivity contribution in [2.24, 2.45) is 5.73 Å². The van der Waals surface area contributed by atoms with E-state index in [0.717, 1.165) is 38.5 Å². The second kappa shape index (κ2) is 6.39. The number of hydrogen-bond donors (Lipinski definition) is 2. The van der Waals surface area contributed by atoms with Gasteiger partial charge in [0, 0.05) is 5.54 Å². The lowest BCUT2D eigenvalue weighted by molar-refractivity contribution is 0.0633. The van der Waals surface area contributed by atoms with Crippen molar-refractivity contribution in [3.05, 3.63) is 0 Å². The monoisotopic (exact) mass is 187 g/mol. The Balaban J connectivity index is 4.18. The minimum atomic E-state index is -0.334. The van der Waals surface area contributed by atoms with Gasteiger partial charge in [0.2, 0.25) is 0 Å². The molecule has 0 aliphatic carbocycles. The Labute approximate surface area is 82.5 Å². The fourth-order valence-electron chi connectivity index (χ4n) is 1.95. The fourth-order valence-corrected chi connectivity index (χ4v) is 1.95. The average Bonchev–Trinajstić information content (AvgIpc) is 2.05. The summed E-state index contributed by atoms with van der Waals surface area (Å²) in [4.78, 5) is 0. The zero-order chi connectivity index (χ0) is 10.3. The molecule has 0 aromatic rings. The van der Waals surface area contributed by atoms with Gasteiger partial charge in [0.15, 0.2) is 0 Å². The first kappa shape index (κ1) is 12.9. The molecule has 0 aliphatic heterocycles. The van der Waals surface area contributed by atoms with Crippen molar-refractivity contribution < 1.29 is 5.11 Å². The summed E-state index contributed by atoms with van der Waals surface area (Å²) in [5, 5.41) is 9.91. The van der Waals surface area contributed by atoms with Gasteiger partial charge in [-0.15, -0.1) is 0 Å². The van der Waals surface area contributed by atoms with Crippen molar-refractivity contribution in [1.82, 2.24) is 0 Å². The Morgan fingerprint density at radius 2 is 1.54 bits per heavy atom. The molecule has 0 bridgehead atoms. The highest BCUT2D eigenvalue weighted by Crippen LogP contribution is 2.23. The maximum atomic E-state index is 9.91. The van der Waals surface area contributed by atoms with Crippen LogP contribution in [0.1, 0.15) is 59.3 Å². The average molecular weight is 187 g/mol. The van der Waals surface area contributed by atoms with Crippen LogP contribution < -0.4 is 5.73 Å². The van der Waals surface area contributed by atoms with Crippen molar-refractivity contribution in [3.8, 4) is 0 Å². The Morgan fingerprint density at radius 1 is 1.08 bits per heavy atom. The molecule has 0 radical (unpaired) electrons. The molecule has 2 heteroatoms. The van der Waals surface area contributed by atoms with E-state index in [1.165, 1.54) is 0 Å². The molecule has 0 aromatic heterocycles. The van der Waals surface area contributed by atoms with E-state index in [-0.39, 0.29) is 11.6 Å². The number of rotatable bonds is 7. The van der Waals surface area contributed by atoms with Gasteiger partial charge in [-0.3, -0.25) is 0 Å². The molecule has 0 fully saturated rings. The molecular weight excluding hydrogens is 162 g/mol. The molecule has 2 nitrogen and oxygen atoms in total. The molecular formula is C11H25NO. The molecule has 13 heavy (non-hydrogen) atoms. The molecule has 0 saturated carbocycles. The van der Waals surface area contributed by atoms with Gasteiger partial charge in [-0.25, -0.2) is 0 Å². The van der Waals surface area contributed by atoms with Crippen LogP contribution in [0.2, 0.25) is 0 Å². The summed E-state index contributed by atoms with van der Waals surface area (Å²) >= 11 is 0. The normalized spacial score (nSPS) is 14.5. The lowest BCUT2D eigenvalue weighted by atomic mass is 9.82. The van der Waals surface area contributed by atoms with Crippen LogP contribution in [0.5, 0.6) is 0 Å².